The zero-order valence-electron chi connectivity index (χ0n) is 40.4. The highest BCUT2D eigenvalue weighted by molar-refractivity contribution is 6.11. The first kappa shape index (κ1) is 44.2. The Balaban J connectivity index is 1.04. The molecule has 0 spiro atoms. The molecule has 0 amide bonds. The summed E-state index contributed by atoms with van der Waals surface area (Å²) in [4.78, 5) is 2.35. The normalized spacial score (nSPS) is 11.9. The summed E-state index contributed by atoms with van der Waals surface area (Å²) in [6, 6.07) is 79.7. The van der Waals surface area contributed by atoms with Crippen molar-refractivity contribution in [2.45, 2.75) is 65.9 Å². The number of hydrogen-bond donors (Lipinski definition) is 0. The summed E-state index contributed by atoms with van der Waals surface area (Å²) in [6.07, 6.45) is 1.15. The molecule has 0 bridgehead atoms. The lowest BCUT2D eigenvalue weighted by Crippen LogP contribution is -2.22. The quantitative estimate of drug-likeness (QED) is 0.122. The van der Waals surface area contributed by atoms with Gasteiger partial charge in [0.2, 0.25) is 0 Å². The second-order valence-corrected chi connectivity index (χ2v) is 20.3. The number of benzene rings is 9. The second kappa shape index (κ2) is 18.2. The molecule has 336 valence electrons. The maximum Gasteiger partial charge on any atom is 0.120 e. The van der Waals surface area contributed by atoms with Crippen LogP contribution >= 0.6 is 0 Å². The Kier molecular flexibility index (Phi) is 11.9. The fourth-order valence-corrected chi connectivity index (χ4v) is 10.0. The molecule has 0 aliphatic rings. The van der Waals surface area contributed by atoms with Crippen molar-refractivity contribution in [3.8, 4) is 55.9 Å². The molecule has 0 N–H and O–H groups in total. The third kappa shape index (κ3) is 9.22. The average molecular weight is 885 g/mol. The van der Waals surface area contributed by atoms with Crippen LogP contribution in [0.2, 0.25) is 0 Å². The predicted octanol–water partition coefficient (Wildman–Crippen LogP) is 18.4. The van der Waals surface area contributed by atoms with Gasteiger partial charge in [0.1, 0.15) is 11.4 Å². The van der Waals surface area contributed by atoms with E-state index in [4.69, 9.17) is 4.74 Å². The van der Waals surface area contributed by atoms with E-state index in [0.717, 1.165) is 46.0 Å². The molecule has 3 heteroatoms. The van der Waals surface area contributed by atoms with Gasteiger partial charge in [-0.15, -0.1) is 0 Å². The highest BCUT2D eigenvalue weighted by Crippen LogP contribution is 2.41. The Morgan fingerprint density at radius 3 is 1.18 bits per heavy atom. The van der Waals surface area contributed by atoms with Crippen LogP contribution in [0.4, 0.5) is 17.1 Å². The van der Waals surface area contributed by atoms with Gasteiger partial charge in [-0.1, -0.05) is 161 Å². The molecule has 3 nitrogen and oxygen atoms in total. The summed E-state index contributed by atoms with van der Waals surface area (Å²) in [7, 11) is 0. The molecule has 0 saturated carbocycles. The third-order valence-corrected chi connectivity index (χ3v) is 13.1. The van der Waals surface area contributed by atoms with Crippen LogP contribution in [0.25, 0.3) is 72.0 Å². The van der Waals surface area contributed by atoms with Crippen LogP contribution in [0.3, 0.4) is 0 Å². The van der Waals surface area contributed by atoms with Crippen LogP contribution in [-0.4, -0.2) is 10.2 Å². The molecule has 0 aliphatic heterocycles. The SMILES string of the molecule is CC(C)CC(C)(C)c1ccc(-c2ccc3c(c2)c2cc(-c4ccc(N(c5ccc(-c6ccccc6)cc5)c5ccc(-c6ccccc6)cc5)cc4)ccc2n3-c2ccc(OC(C)(C)C)cc2)cc1. The number of rotatable bonds is 12. The Bertz CT molecular complexity index is 3220. The molecule has 1 aromatic heterocycles. The summed E-state index contributed by atoms with van der Waals surface area (Å²) in [6.45, 7) is 15.6. The molecule has 0 saturated heterocycles. The van der Waals surface area contributed by atoms with Crippen LogP contribution < -0.4 is 9.64 Å². The first-order valence-electron chi connectivity index (χ1n) is 24.1. The van der Waals surface area contributed by atoms with Crippen molar-refractivity contribution in [2.75, 3.05) is 4.90 Å². The maximum atomic E-state index is 6.23. The molecule has 0 atom stereocenters. The van der Waals surface area contributed by atoms with Crippen molar-refractivity contribution in [1.29, 1.82) is 0 Å². The fourth-order valence-electron chi connectivity index (χ4n) is 10.0. The van der Waals surface area contributed by atoms with Crippen LogP contribution in [0, 0.1) is 5.92 Å². The lowest BCUT2D eigenvalue weighted by molar-refractivity contribution is 0.131. The number of aromatic nitrogens is 1. The van der Waals surface area contributed by atoms with E-state index < -0.39 is 0 Å². The molecule has 0 fully saturated rings. The Labute approximate surface area is 403 Å². The van der Waals surface area contributed by atoms with Crippen LogP contribution in [0.15, 0.2) is 218 Å². The van der Waals surface area contributed by atoms with Gasteiger partial charge in [0.25, 0.3) is 0 Å². The minimum Gasteiger partial charge on any atom is -0.488 e. The highest BCUT2D eigenvalue weighted by Gasteiger charge is 2.23. The number of fused-ring (bicyclic) bond motifs is 3. The lowest BCUT2D eigenvalue weighted by Gasteiger charge is -2.27. The summed E-state index contributed by atoms with van der Waals surface area (Å²) in [5.41, 5.74) is 17.5. The van der Waals surface area contributed by atoms with E-state index in [1.165, 1.54) is 60.8 Å². The minimum absolute atomic E-state index is 0.118. The van der Waals surface area contributed by atoms with Gasteiger partial charge in [0, 0.05) is 33.5 Å². The van der Waals surface area contributed by atoms with E-state index in [9.17, 15) is 0 Å². The van der Waals surface area contributed by atoms with Crippen molar-refractivity contribution < 1.29 is 4.74 Å². The highest BCUT2D eigenvalue weighted by atomic mass is 16.5. The van der Waals surface area contributed by atoms with E-state index in [1.807, 2.05) is 0 Å². The van der Waals surface area contributed by atoms with Gasteiger partial charge >= 0.3 is 0 Å². The summed E-state index contributed by atoms with van der Waals surface area (Å²) >= 11 is 0. The number of nitrogens with zero attached hydrogens (tertiary/aromatic N) is 2. The molecular formula is C65H60N2O. The first-order valence-corrected chi connectivity index (χ1v) is 24.1. The van der Waals surface area contributed by atoms with Crippen LogP contribution in [0.5, 0.6) is 5.75 Å². The number of ether oxygens (including phenoxy) is 1. The molecular weight excluding hydrogens is 825 g/mol. The van der Waals surface area contributed by atoms with Gasteiger partial charge in [-0.05, 0) is 174 Å². The largest absolute Gasteiger partial charge is 0.488 e. The Morgan fingerprint density at radius 1 is 0.412 bits per heavy atom. The van der Waals surface area contributed by atoms with Crippen molar-refractivity contribution in [1.82, 2.24) is 4.57 Å². The first-order chi connectivity index (χ1) is 32.9. The molecule has 10 aromatic rings. The van der Waals surface area contributed by atoms with Gasteiger partial charge < -0.3 is 14.2 Å². The average Bonchev–Trinajstić information content (AvgIpc) is 3.68. The third-order valence-electron chi connectivity index (χ3n) is 13.1. The van der Waals surface area contributed by atoms with Gasteiger partial charge in [-0.25, -0.2) is 0 Å². The van der Waals surface area contributed by atoms with Gasteiger partial charge in [0.15, 0.2) is 0 Å². The van der Waals surface area contributed by atoms with E-state index in [0.29, 0.717) is 5.92 Å². The minimum atomic E-state index is -0.275. The standard InChI is InChI=1S/C65H60N2O/c1-45(2)44-65(6,7)54-28-18-50(19-29-54)52-26-40-62-60(42-52)61-43-53(27-41-63(61)67(62)58-36-38-59(39-37-58)68-64(3,4)5)51-24-34-57(35-25-51)66(55-30-20-48(21-31-55)46-14-10-8-11-15-46)56-32-22-49(23-33-56)47-16-12-9-13-17-47/h8-43,45H,44H2,1-7H3. The maximum absolute atomic E-state index is 6.23. The van der Waals surface area contributed by atoms with E-state index in [2.05, 4.69) is 276 Å². The summed E-state index contributed by atoms with van der Waals surface area (Å²) < 4.78 is 8.62. The molecule has 9 aromatic carbocycles. The smallest absolute Gasteiger partial charge is 0.120 e. The fraction of sp³-hybridized carbons (Fsp3) is 0.169. The van der Waals surface area contributed by atoms with Crippen molar-refractivity contribution in [3.63, 3.8) is 0 Å². The number of hydrogen-bond acceptors (Lipinski definition) is 2. The van der Waals surface area contributed by atoms with E-state index in [-0.39, 0.29) is 11.0 Å². The van der Waals surface area contributed by atoms with E-state index >= 15 is 0 Å². The summed E-state index contributed by atoms with van der Waals surface area (Å²) in [5.74, 6) is 1.50. The molecule has 1 heterocycles. The molecule has 10 rings (SSSR count). The lowest BCUT2D eigenvalue weighted by atomic mass is 9.77. The summed E-state index contributed by atoms with van der Waals surface area (Å²) in [5, 5.41) is 2.44. The molecule has 0 aliphatic carbocycles. The van der Waals surface area contributed by atoms with E-state index in [1.54, 1.807) is 0 Å². The van der Waals surface area contributed by atoms with Crippen LogP contribution in [0.1, 0.15) is 60.5 Å². The monoisotopic (exact) mass is 884 g/mol. The predicted molar refractivity (Wildman–Crippen MR) is 290 cm³/mol. The molecule has 68 heavy (non-hydrogen) atoms. The Hall–Kier alpha value is -7.62. The van der Waals surface area contributed by atoms with Crippen molar-refractivity contribution in [2.24, 2.45) is 5.92 Å². The number of anilines is 3. The zero-order chi connectivity index (χ0) is 47.0. The van der Waals surface area contributed by atoms with Crippen LogP contribution in [-0.2, 0) is 5.41 Å². The topological polar surface area (TPSA) is 17.4 Å². The van der Waals surface area contributed by atoms with Gasteiger partial charge in [0.05, 0.1) is 11.0 Å². The van der Waals surface area contributed by atoms with Gasteiger partial charge in [-0.2, -0.15) is 0 Å². The van der Waals surface area contributed by atoms with Gasteiger partial charge in [-0.3, -0.25) is 0 Å². The van der Waals surface area contributed by atoms with Crippen molar-refractivity contribution >= 4 is 38.9 Å². The van der Waals surface area contributed by atoms with Crippen molar-refractivity contribution in [3.05, 3.63) is 224 Å². The Morgan fingerprint density at radius 2 is 0.779 bits per heavy atom. The molecule has 0 unspecified atom stereocenters. The zero-order valence-corrected chi connectivity index (χ0v) is 40.4. The second-order valence-electron chi connectivity index (χ2n) is 20.3. The molecule has 0 radical (unpaired) electrons.